The molecule has 1 heterocycles. The van der Waals surface area contributed by atoms with E-state index < -0.39 is 0 Å². The second-order valence-corrected chi connectivity index (χ2v) is 4.27. The number of benzene rings is 1. The van der Waals surface area contributed by atoms with E-state index in [9.17, 15) is 4.39 Å². The third kappa shape index (κ3) is 1.53. The van der Waals surface area contributed by atoms with Gasteiger partial charge < -0.3 is 0 Å². The molecular formula is C11H13FN4. The van der Waals surface area contributed by atoms with Crippen LogP contribution in [0.5, 0.6) is 0 Å². The first kappa shape index (κ1) is 9.59. The molecule has 5 heteroatoms. The first-order valence-electron chi connectivity index (χ1n) is 5.39. The molecule has 0 unspecified atom stereocenters. The molecular weight excluding hydrogens is 207 g/mol. The molecule has 2 N–H and O–H groups in total. The number of aryl methyl sites for hydroxylation is 1. The number of halogens is 1. The van der Waals surface area contributed by atoms with Crippen molar-refractivity contribution in [1.29, 1.82) is 0 Å². The molecule has 3 rings (SSSR count). The molecule has 1 aliphatic carbocycles. The monoisotopic (exact) mass is 220 g/mol. The average molecular weight is 220 g/mol. The van der Waals surface area contributed by atoms with Gasteiger partial charge in [0, 0.05) is 0 Å². The lowest BCUT2D eigenvalue weighted by molar-refractivity contribution is 0.608. The predicted octanol–water partition coefficient (Wildman–Crippen LogP) is 1.78. The zero-order valence-electron chi connectivity index (χ0n) is 9.00. The topological polar surface area (TPSA) is 39.7 Å². The molecule has 2 aliphatic rings. The van der Waals surface area contributed by atoms with E-state index in [4.69, 9.17) is 0 Å². The van der Waals surface area contributed by atoms with Crippen LogP contribution < -0.4 is 16.1 Å². The molecule has 16 heavy (non-hydrogen) atoms. The number of nitrogens with zero attached hydrogens (tertiary/aromatic N) is 2. The van der Waals surface area contributed by atoms with Gasteiger partial charge in [-0.1, -0.05) is 0 Å². The summed E-state index contributed by atoms with van der Waals surface area (Å²) in [6, 6.07) is 3.51. The van der Waals surface area contributed by atoms with Crippen LogP contribution in [-0.4, -0.2) is 6.34 Å². The van der Waals surface area contributed by atoms with Crippen molar-refractivity contribution >= 4 is 12.0 Å². The zero-order valence-corrected chi connectivity index (χ0v) is 9.00. The van der Waals surface area contributed by atoms with Gasteiger partial charge in [-0.05, 0) is 48.9 Å². The number of hydrogen-bond donors (Lipinski definition) is 2. The molecule has 0 aromatic heterocycles. The van der Waals surface area contributed by atoms with Crippen LogP contribution in [0.25, 0.3) is 0 Å². The minimum Gasteiger partial charge on any atom is -0.245 e. The number of rotatable bonds is 2. The molecule has 0 bridgehead atoms. The maximum Gasteiger partial charge on any atom is 0.133 e. The van der Waals surface area contributed by atoms with Crippen molar-refractivity contribution in [3.63, 3.8) is 0 Å². The van der Waals surface area contributed by atoms with Gasteiger partial charge in [-0.3, -0.25) is 0 Å². The first-order valence-corrected chi connectivity index (χ1v) is 5.39. The van der Waals surface area contributed by atoms with E-state index in [-0.39, 0.29) is 5.82 Å². The summed E-state index contributed by atoms with van der Waals surface area (Å²) in [6.07, 6.45) is 3.94. The van der Waals surface area contributed by atoms with Gasteiger partial charge in [0.2, 0.25) is 0 Å². The van der Waals surface area contributed by atoms with Crippen LogP contribution in [0, 0.1) is 12.7 Å². The van der Waals surface area contributed by atoms with E-state index in [0.717, 1.165) is 24.1 Å². The van der Waals surface area contributed by atoms with Gasteiger partial charge in [0.1, 0.15) is 12.2 Å². The summed E-state index contributed by atoms with van der Waals surface area (Å²) in [7, 11) is 0. The SMILES string of the molecule is Cc1cc(N2C=NNN2)c(C2CC2)cc1F. The minimum absolute atomic E-state index is 0.130. The number of anilines is 1. The Morgan fingerprint density at radius 2 is 2.25 bits per heavy atom. The summed E-state index contributed by atoms with van der Waals surface area (Å²) >= 11 is 0. The third-order valence-corrected chi connectivity index (χ3v) is 2.99. The summed E-state index contributed by atoms with van der Waals surface area (Å²) in [5, 5.41) is 5.64. The largest absolute Gasteiger partial charge is 0.245 e. The maximum atomic E-state index is 13.5. The number of nitrogens with one attached hydrogen (secondary N) is 2. The Hall–Kier alpha value is -1.62. The smallest absolute Gasteiger partial charge is 0.133 e. The molecule has 0 atom stereocenters. The van der Waals surface area contributed by atoms with Crippen LogP contribution in [0.4, 0.5) is 10.1 Å². The van der Waals surface area contributed by atoms with Crippen LogP contribution in [0.15, 0.2) is 17.2 Å². The molecule has 1 aliphatic heterocycles. The standard InChI is InChI=1S/C11H13FN4/c1-7-4-11(16-6-13-14-15-16)9(5-10(7)12)8-2-3-8/h4-6,8,14-15H,2-3H2,1H3. The average Bonchev–Trinajstić information content (AvgIpc) is 2.97. The fourth-order valence-corrected chi connectivity index (χ4v) is 1.93. The van der Waals surface area contributed by atoms with Crippen LogP contribution in [-0.2, 0) is 0 Å². The van der Waals surface area contributed by atoms with Crippen molar-refractivity contribution in [3.8, 4) is 0 Å². The summed E-state index contributed by atoms with van der Waals surface area (Å²) in [6.45, 7) is 1.77. The Morgan fingerprint density at radius 1 is 1.44 bits per heavy atom. The van der Waals surface area contributed by atoms with E-state index in [1.54, 1.807) is 24.3 Å². The van der Waals surface area contributed by atoms with Gasteiger partial charge in [0.25, 0.3) is 0 Å². The van der Waals surface area contributed by atoms with Gasteiger partial charge in [0.05, 0.1) is 5.69 Å². The first-order chi connectivity index (χ1) is 7.75. The zero-order chi connectivity index (χ0) is 11.1. The molecule has 1 aromatic rings. The molecule has 0 saturated heterocycles. The summed E-state index contributed by atoms with van der Waals surface area (Å²) < 4.78 is 13.5. The molecule has 1 fully saturated rings. The second-order valence-electron chi connectivity index (χ2n) is 4.27. The Bertz CT molecular complexity index is 454. The number of hydrazine groups is 2. The van der Waals surface area contributed by atoms with Crippen molar-refractivity contribution in [3.05, 3.63) is 29.1 Å². The summed E-state index contributed by atoms with van der Waals surface area (Å²) in [5.74, 6) is 0.371. The highest BCUT2D eigenvalue weighted by atomic mass is 19.1. The second kappa shape index (κ2) is 3.45. The van der Waals surface area contributed by atoms with Gasteiger partial charge in [-0.15, -0.1) is 5.53 Å². The maximum absolute atomic E-state index is 13.5. The summed E-state index contributed by atoms with van der Waals surface area (Å²) in [5.41, 5.74) is 8.22. The fourth-order valence-electron chi connectivity index (χ4n) is 1.93. The Morgan fingerprint density at radius 3 is 2.88 bits per heavy atom. The van der Waals surface area contributed by atoms with E-state index in [1.807, 2.05) is 6.07 Å². The van der Waals surface area contributed by atoms with E-state index in [1.165, 1.54) is 0 Å². The molecule has 4 nitrogen and oxygen atoms in total. The lowest BCUT2D eigenvalue weighted by Gasteiger charge is -2.18. The third-order valence-electron chi connectivity index (χ3n) is 2.99. The van der Waals surface area contributed by atoms with Crippen LogP contribution >= 0.6 is 0 Å². The van der Waals surface area contributed by atoms with Gasteiger partial charge in [-0.2, -0.15) is 5.10 Å². The Kier molecular flexibility index (Phi) is 2.07. The Labute approximate surface area is 93.1 Å². The molecule has 0 amide bonds. The lowest BCUT2D eigenvalue weighted by atomic mass is 10.0. The molecule has 84 valence electrons. The van der Waals surface area contributed by atoms with Crippen molar-refractivity contribution < 1.29 is 4.39 Å². The lowest BCUT2D eigenvalue weighted by Crippen LogP contribution is -2.37. The highest BCUT2D eigenvalue weighted by Gasteiger charge is 2.29. The van der Waals surface area contributed by atoms with Crippen LogP contribution in [0.1, 0.15) is 29.9 Å². The highest BCUT2D eigenvalue weighted by molar-refractivity contribution is 5.81. The molecule has 0 radical (unpaired) electrons. The van der Waals surface area contributed by atoms with Gasteiger partial charge in [0.15, 0.2) is 0 Å². The van der Waals surface area contributed by atoms with E-state index in [0.29, 0.717) is 11.5 Å². The normalized spacial score (nSPS) is 19.0. The van der Waals surface area contributed by atoms with Gasteiger partial charge >= 0.3 is 0 Å². The van der Waals surface area contributed by atoms with E-state index in [2.05, 4.69) is 16.2 Å². The quantitative estimate of drug-likeness (QED) is 0.798. The Balaban J connectivity index is 2.06. The van der Waals surface area contributed by atoms with Crippen molar-refractivity contribution in [1.82, 2.24) is 11.1 Å². The predicted molar refractivity (Wildman–Crippen MR) is 60.4 cm³/mol. The van der Waals surface area contributed by atoms with Gasteiger partial charge in [-0.25, -0.2) is 14.9 Å². The van der Waals surface area contributed by atoms with E-state index >= 15 is 0 Å². The summed E-state index contributed by atoms with van der Waals surface area (Å²) in [4.78, 5) is 0. The number of hydrazone groups is 1. The van der Waals surface area contributed by atoms with Crippen molar-refractivity contribution in [2.45, 2.75) is 25.7 Å². The highest BCUT2D eigenvalue weighted by Crippen LogP contribution is 2.44. The van der Waals surface area contributed by atoms with Crippen LogP contribution in [0.2, 0.25) is 0 Å². The number of hydrogen-bond acceptors (Lipinski definition) is 4. The molecule has 1 aromatic carbocycles. The fraction of sp³-hybridized carbons (Fsp3) is 0.364. The van der Waals surface area contributed by atoms with Crippen molar-refractivity contribution in [2.24, 2.45) is 5.10 Å². The van der Waals surface area contributed by atoms with Crippen LogP contribution in [0.3, 0.4) is 0 Å². The minimum atomic E-state index is -0.130. The molecule has 1 saturated carbocycles. The van der Waals surface area contributed by atoms with Crippen molar-refractivity contribution in [2.75, 3.05) is 5.01 Å². The molecule has 0 spiro atoms.